The van der Waals surface area contributed by atoms with Crippen molar-refractivity contribution in [2.75, 3.05) is 0 Å². The van der Waals surface area contributed by atoms with Gasteiger partial charge in [0.25, 0.3) is 0 Å². The Morgan fingerprint density at radius 2 is 2.50 bits per heavy atom. The van der Waals surface area contributed by atoms with Crippen molar-refractivity contribution in [2.24, 2.45) is 4.99 Å². The van der Waals surface area contributed by atoms with Crippen LogP contribution < -0.4 is 0 Å². The van der Waals surface area contributed by atoms with Gasteiger partial charge in [-0.2, -0.15) is 0 Å². The lowest BCUT2D eigenvalue weighted by Crippen LogP contribution is -1.83. The molecule has 0 aliphatic carbocycles. The number of hydrogen-bond acceptors (Lipinski definition) is 1. The molecule has 0 saturated carbocycles. The summed E-state index contributed by atoms with van der Waals surface area (Å²) in [6, 6.07) is 0. The van der Waals surface area contributed by atoms with E-state index in [1.165, 1.54) is 0 Å². The van der Waals surface area contributed by atoms with Crippen LogP contribution >= 0.6 is 12.2 Å². The van der Waals surface area contributed by atoms with Gasteiger partial charge >= 0.3 is 0 Å². The smallest absolute Gasteiger partial charge is 0.133 e. The Balaban J connectivity index is 2.88. The van der Waals surface area contributed by atoms with Crippen molar-refractivity contribution >= 4 is 23.4 Å². The lowest BCUT2D eigenvalue weighted by Gasteiger charge is -1.85. The van der Waals surface area contributed by atoms with Crippen LogP contribution in [0.2, 0.25) is 0 Å². The minimum atomic E-state index is 0.639. The molecule has 0 spiro atoms. The summed E-state index contributed by atoms with van der Waals surface area (Å²) < 4.78 is 0. The Bertz CT molecular complexity index is 189. The molecule has 0 saturated heterocycles. The quantitative estimate of drug-likeness (QED) is 0.481. The highest BCUT2D eigenvalue weighted by Crippen LogP contribution is 2.04. The summed E-state index contributed by atoms with van der Waals surface area (Å²) in [6.07, 6.45) is 5.23. The highest BCUT2D eigenvalue weighted by atomic mass is 32.1. The molecule has 40 valence electrons. The van der Waals surface area contributed by atoms with E-state index in [9.17, 15) is 0 Å². The van der Waals surface area contributed by atoms with E-state index in [-0.39, 0.29) is 0 Å². The van der Waals surface area contributed by atoms with Crippen molar-refractivity contribution in [3.05, 3.63) is 24.3 Å². The predicted molar refractivity (Wildman–Crippen MR) is 39.4 cm³/mol. The number of nitrogens with zero attached hydrogens (tertiary/aromatic N) is 1. The second-order valence-corrected chi connectivity index (χ2v) is 1.80. The molecule has 0 N–H and O–H groups in total. The van der Waals surface area contributed by atoms with Gasteiger partial charge in [0.1, 0.15) is 4.99 Å². The van der Waals surface area contributed by atoms with Gasteiger partial charge in [-0.05, 0) is 6.08 Å². The van der Waals surface area contributed by atoms with Gasteiger partial charge < -0.3 is 0 Å². The third-order valence-electron chi connectivity index (χ3n) is 0.913. The molecule has 0 aromatic carbocycles. The summed E-state index contributed by atoms with van der Waals surface area (Å²) >= 11 is 4.80. The first-order chi connectivity index (χ1) is 3.84. The number of aliphatic imine (C=N–C) groups is 1. The van der Waals surface area contributed by atoms with Crippen molar-refractivity contribution in [3.63, 3.8) is 0 Å². The predicted octanol–water partition coefficient (Wildman–Crippen LogP) is 1.51. The maximum Gasteiger partial charge on any atom is 0.133 e. The molecule has 0 aromatic heterocycles. The molecule has 1 nitrogen and oxygen atoms in total. The second kappa shape index (κ2) is 2.01. The van der Waals surface area contributed by atoms with Gasteiger partial charge in [0.05, 0.1) is 0 Å². The molecule has 0 fully saturated rings. The summed E-state index contributed by atoms with van der Waals surface area (Å²) in [6.45, 7) is 3.56. The van der Waals surface area contributed by atoms with Gasteiger partial charge in [-0.1, -0.05) is 24.9 Å². The zero-order valence-corrected chi connectivity index (χ0v) is 5.11. The normalized spacial score (nSPS) is 16.5. The van der Waals surface area contributed by atoms with Gasteiger partial charge in [0, 0.05) is 11.8 Å². The number of thiocarbonyl (C=S) groups is 1. The van der Waals surface area contributed by atoms with E-state index < -0.39 is 0 Å². The van der Waals surface area contributed by atoms with Crippen LogP contribution in [-0.4, -0.2) is 11.2 Å². The zero-order chi connectivity index (χ0) is 5.98. The van der Waals surface area contributed by atoms with Crippen LogP contribution in [0.5, 0.6) is 0 Å². The molecule has 0 amide bonds. The van der Waals surface area contributed by atoms with Crippen LogP contribution in [0.25, 0.3) is 0 Å². The highest BCUT2D eigenvalue weighted by Gasteiger charge is 2.00. The molecule has 8 heavy (non-hydrogen) atoms. The average molecular weight is 123 g/mol. The van der Waals surface area contributed by atoms with Crippen molar-refractivity contribution in [1.29, 1.82) is 0 Å². The summed E-state index contributed by atoms with van der Waals surface area (Å²) in [5.41, 5.74) is 0.944. The number of allylic oxidation sites excluding steroid dienone is 1. The van der Waals surface area contributed by atoms with E-state index in [0.717, 1.165) is 5.57 Å². The maximum atomic E-state index is 4.80. The Hall–Kier alpha value is -0.760. The fraction of sp³-hybridized carbons (Fsp3) is 0. The van der Waals surface area contributed by atoms with Gasteiger partial charge in [-0.25, -0.2) is 4.99 Å². The summed E-state index contributed by atoms with van der Waals surface area (Å²) in [7, 11) is 0. The molecule has 0 radical (unpaired) electrons. The zero-order valence-electron chi connectivity index (χ0n) is 4.29. The van der Waals surface area contributed by atoms with E-state index in [4.69, 9.17) is 12.2 Å². The van der Waals surface area contributed by atoms with Crippen molar-refractivity contribution < 1.29 is 0 Å². The summed E-state index contributed by atoms with van der Waals surface area (Å²) in [5, 5.41) is 0. The van der Waals surface area contributed by atoms with Crippen molar-refractivity contribution in [3.8, 4) is 0 Å². The number of hydrogen-bond donors (Lipinski definition) is 0. The van der Waals surface area contributed by atoms with Crippen LogP contribution in [-0.2, 0) is 0 Å². The van der Waals surface area contributed by atoms with Gasteiger partial charge in [0.2, 0.25) is 0 Å². The lowest BCUT2D eigenvalue weighted by molar-refractivity contribution is 1.79. The van der Waals surface area contributed by atoms with Crippen LogP contribution in [0.3, 0.4) is 0 Å². The van der Waals surface area contributed by atoms with E-state index in [1.54, 1.807) is 12.3 Å². The minimum Gasteiger partial charge on any atom is -0.245 e. The monoisotopic (exact) mass is 123 g/mol. The Morgan fingerprint density at radius 1 is 1.75 bits per heavy atom. The molecule has 0 aromatic rings. The molecule has 0 atom stereocenters. The second-order valence-electron chi connectivity index (χ2n) is 1.41. The molecular formula is C6H5NS. The Labute approximate surface area is 53.4 Å². The first-order valence-corrected chi connectivity index (χ1v) is 2.66. The molecule has 1 heterocycles. The van der Waals surface area contributed by atoms with E-state index >= 15 is 0 Å². The van der Waals surface area contributed by atoms with Crippen LogP contribution in [0, 0.1) is 0 Å². The van der Waals surface area contributed by atoms with Gasteiger partial charge in [-0.3, -0.25) is 0 Å². The fourth-order valence-corrected chi connectivity index (χ4v) is 0.699. The highest BCUT2D eigenvalue weighted by molar-refractivity contribution is 7.80. The third-order valence-corrected chi connectivity index (χ3v) is 1.25. The van der Waals surface area contributed by atoms with Crippen molar-refractivity contribution in [2.45, 2.75) is 0 Å². The molecule has 0 unspecified atom stereocenters. The lowest BCUT2D eigenvalue weighted by atomic mass is 10.3. The SMILES string of the molecule is C=CC1=CC=NC1=S. The van der Waals surface area contributed by atoms with Gasteiger partial charge in [0.15, 0.2) is 0 Å². The molecule has 1 aliphatic heterocycles. The Morgan fingerprint density at radius 3 is 2.75 bits per heavy atom. The van der Waals surface area contributed by atoms with E-state index in [1.807, 2.05) is 6.08 Å². The molecule has 2 heteroatoms. The van der Waals surface area contributed by atoms with Crippen LogP contribution in [0.4, 0.5) is 0 Å². The third kappa shape index (κ3) is 0.746. The standard InChI is InChI=1S/C6H5NS/c1-2-5-3-4-7-6(5)8/h2-4H,1H2. The van der Waals surface area contributed by atoms with Crippen LogP contribution in [0.15, 0.2) is 29.3 Å². The topological polar surface area (TPSA) is 12.4 Å². The molecular weight excluding hydrogens is 118 g/mol. The molecule has 1 aliphatic rings. The van der Waals surface area contributed by atoms with Crippen molar-refractivity contribution in [1.82, 2.24) is 0 Å². The summed E-state index contributed by atoms with van der Waals surface area (Å²) in [4.78, 5) is 4.47. The maximum absolute atomic E-state index is 4.80. The minimum absolute atomic E-state index is 0.639. The largest absolute Gasteiger partial charge is 0.245 e. The van der Waals surface area contributed by atoms with Crippen LogP contribution in [0.1, 0.15) is 0 Å². The Kier molecular flexibility index (Phi) is 1.35. The molecule has 0 bridgehead atoms. The van der Waals surface area contributed by atoms with E-state index in [0.29, 0.717) is 4.99 Å². The van der Waals surface area contributed by atoms with Gasteiger partial charge in [-0.15, -0.1) is 0 Å². The fourth-order valence-electron chi connectivity index (χ4n) is 0.486. The molecule has 1 rings (SSSR count). The average Bonchev–Trinajstić information content (AvgIpc) is 2.14. The summed E-state index contributed by atoms with van der Waals surface area (Å²) in [5.74, 6) is 0. The number of rotatable bonds is 1. The van der Waals surface area contributed by atoms with E-state index in [2.05, 4.69) is 11.6 Å². The first kappa shape index (κ1) is 5.38. The first-order valence-electron chi connectivity index (χ1n) is 2.25.